The molecule has 2 aromatic rings. The molecule has 1 aromatic carbocycles. The standard InChI is InChI=1S/C12H11F2N3O/c1-8-12(18-8,7-17-6-5-15-16-17)9-3-2-4-10(13)11(9)14/h2-6,8H,7H2,1H3. The highest BCUT2D eigenvalue weighted by molar-refractivity contribution is 5.31. The van der Waals surface area contributed by atoms with Crippen molar-refractivity contribution >= 4 is 0 Å². The molecule has 0 saturated carbocycles. The van der Waals surface area contributed by atoms with Gasteiger partial charge in [-0.25, -0.2) is 13.5 Å². The van der Waals surface area contributed by atoms with Gasteiger partial charge in [-0.3, -0.25) is 0 Å². The maximum absolute atomic E-state index is 13.8. The predicted octanol–water partition coefficient (Wildman–Crippen LogP) is 1.87. The van der Waals surface area contributed by atoms with Gasteiger partial charge in [0.1, 0.15) is 5.60 Å². The van der Waals surface area contributed by atoms with E-state index in [9.17, 15) is 8.78 Å². The van der Waals surface area contributed by atoms with Crippen LogP contribution in [-0.4, -0.2) is 21.1 Å². The van der Waals surface area contributed by atoms with Crippen LogP contribution in [0, 0.1) is 11.6 Å². The second-order valence-corrected chi connectivity index (χ2v) is 4.35. The molecule has 0 aliphatic carbocycles. The summed E-state index contributed by atoms with van der Waals surface area (Å²) in [5.41, 5.74) is -0.620. The minimum Gasteiger partial charge on any atom is -0.359 e. The molecule has 2 heterocycles. The Bertz CT molecular complexity index is 573. The van der Waals surface area contributed by atoms with E-state index >= 15 is 0 Å². The molecule has 0 bridgehead atoms. The van der Waals surface area contributed by atoms with Gasteiger partial charge < -0.3 is 4.74 Å². The molecule has 2 atom stereocenters. The minimum absolute atomic E-state index is 0.182. The molecule has 1 aliphatic rings. The molecule has 0 amide bonds. The van der Waals surface area contributed by atoms with E-state index < -0.39 is 17.2 Å². The summed E-state index contributed by atoms with van der Waals surface area (Å²) in [6.07, 6.45) is 3.01. The second-order valence-electron chi connectivity index (χ2n) is 4.35. The number of halogens is 2. The molecule has 6 heteroatoms. The van der Waals surface area contributed by atoms with Crippen LogP contribution in [0.5, 0.6) is 0 Å². The number of epoxide rings is 1. The van der Waals surface area contributed by atoms with Crippen LogP contribution in [0.3, 0.4) is 0 Å². The van der Waals surface area contributed by atoms with Crippen LogP contribution in [0.1, 0.15) is 12.5 Å². The number of hydrogen-bond acceptors (Lipinski definition) is 3. The van der Waals surface area contributed by atoms with Gasteiger partial charge in [-0.1, -0.05) is 17.3 Å². The van der Waals surface area contributed by atoms with Crippen molar-refractivity contribution in [1.29, 1.82) is 0 Å². The highest BCUT2D eigenvalue weighted by Gasteiger charge is 2.57. The van der Waals surface area contributed by atoms with Gasteiger partial charge in [0.25, 0.3) is 0 Å². The van der Waals surface area contributed by atoms with Crippen LogP contribution in [0.15, 0.2) is 30.6 Å². The van der Waals surface area contributed by atoms with Crippen molar-refractivity contribution in [2.24, 2.45) is 0 Å². The molecule has 2 unspecified atom stereocenters. The molecule has 1 aromatic heterocycles. The number of ether oxygens (including phenoxy) is 1. The molecule has 4 nitrogen and oxygen atoms in total. The zero-order chi connectivity index (χ0) is 12.8. The molecule has 18 heavy (non-hydrogen) atoms. The number of nitrogens with zero attached hydrogens (tertiary/aromatic N) is 3. The third-order valence-electron chi connectivity index (χ3n) is 3.26. The Morgan fingerprint density at radius 2 is 2.22 bits per heavy atom. The molecule has 1 saturated heterocycles. The summed E-state index contributed by atoms with van der Waals surface area (Å²) in [7, 11) is 0. The van der Waals surface area contributed by atoms with Crippen molar-refractivity contribution < 1.29 is 13.5 Å². The molecule has 0 radical (unpaired) electrons. The molecule has 1 fully saturated rings. The first-order valence-electron chi connectivity index (χ1n) is 5.60. The summed E-state index contributed by atoms with van der Waals surface area (Å²) in [5.74, 6) is -1.73. The van der Waals surface area contributed by atoms with Crippen molar-refractivity contribution in [3.05, 3.63) is 47.8 Å². The number of hydrogen-bond donors (Lipinski definition) is 0. The van der Waals surface area contributed by atoms with Gasteiger partial charge in [0, 0.05) is 11.8 Å². The van der Waals surface area contributed by atoms with E-state index in [-0.39, 0.29) is 11.7 Å². The Morgan fingerprint density at radius 3 is 2.83 bits per heavy atom. The van der Waals surface area contributed by atoms with Crippen molar-refractivity contribution in [2.45, 2.75) is 25.2 Å². The first kappa shape index (κ1) is 11.3. The Labute approximate surface area is 102 Å². The van der Waals surface area contributed by atoms with Gasteiger partial charge in [0.15, 0.2) is 11.6 Å². The van der Waals surface area contributed by atoms with E-state index in [2.05, 4.69) is 10.3 Å². The fraction of sp³-hybridized carbons (Fsp3) is 0.333. The molecule has 0 spiro atoms. The zero-order valence-corrected chi connectivity index (χ0v) is 9.68. The number of benzene rings is 1. The third-order valence-corrected chi connectivity index (χ3v) is 3.26. The molecule has 0 N–H and O–H groups in total. The topological polar surface area (TPSA) is 43.2 Å². The smallest absolute Gasteiger partial charge is 0.165 e. The zero-order valence-electron chi connectivity index (χ0n) is 9.68. The molecular weight excluding hydrogens is 240 g/mol. The maximum Gasteiger partial charge on any atom is 0.165 e. The monoisotopic (exact) mass is 251 g/mol. The molecule has 1 aliphatic heterocycles. The predicted molar refractivity (Wildman–Crippen MR) is 58.6 cm³/mol. The lowest BCUT2D eigenvalue weighted by atomic mass is 9.95. The average molecular weight is 251 g/mol. The van der Waals surface area contributed by atoms with Gasteiger partial charge in [-0.2, -0.15) is 0 Å². The molecule has 94 valence electrons. The summed E-state index contributed by atoms with van der Waals surface area (Å²) < 4.78 is 34.2. The van der Waals surface area contributed by atoms with Crippen LogP contribution < -0.4 is 0 Å². The fourth-order valence-electron chi connectivity index (χ4n) is 2.20. The van der Waals surface area contributed by atoms with Crippen molar-refractivity contribution in [3.63, 3.8) is 0 Å². The van der Waals surface area contributed by atoms with E-state index in [4.69, 9.17) is 4.74 Å². The first-order chi connectivity index (χ1) is 8.63. The third kappa shape index (κ3) is 1.60. The Kier molecular flexibility index (Phi) is 2.41. The summed E-state index contributed by atoms with van der Waals surface area (Å²) in [6, 6.07) is 4.11. The Hall–Kier alpha value is -1.82. The largest absolute Gasteiger partial charge is 0.359 e. The van der Waals surface area contributed by atoms with E-state index in [1.807, 2.05) is 6.92 Å². The van der Waals surface area contributed by atoms with Crippen LogP contribution in [0.25, 0.3) is 0 Å². The van der Waals surface area contributed by atoms with Crippen LogP contribution in [-0.2, 0) is 16.9 Å². The van der Waals surface area contributed by atoms with E-state index in [0.29, 0.717) is 6.54 Å². The first-order valence-corrected chi connectivity index (χ1v) is 5.60. The summed E-state index contributed by atoms with van der Waals surface area (Å²) in [6.45, 7) is 2.13. The average Bonchev–Trinajstić information content (AvgIpc) is 2.77. The maximum atomic E-state index is 13.8. The highest BCUT2D eigenvalue weighted by Crippen LogP contribution is 2.48. The Morgan fingerprint density at radius 1 is 1.44 bits per heavy atom. The van der Waals surface area contributed by atoms with Crippen molar-refractivity contribution in [2.75, 3.05) is 0 Å². The van der Waals surface area contributed by atoms with Crippen molar-refractivity contribution in [1.82, 2.24) is 15.0 Å². The quantitative estimate of drug-likeness (QED) is 0.782. The van der Waals surface area contributed by atoms with E-state index in [0.717, 1.165) is 6.07 Å². The number of rotatable bonds is 3. The van der Waals surface area contributed by atoms with Gasteiger partial charge >= 0.3 is 0 Å². The normalized spacial score (nSPS) is 26.3. The van der Waals surface area contributed by atoms with Gasteiger partial charge in [-0.15, -0.1) is 5.10 Å². The van der Waals surface area contributed by atoms with Crippen LogP contribution in [0.4, 0.5) is 8.78 Å². The highest BCUT2D eigenvalue weighted by atomic mass is 19.2. The summed E-state index contributed by atoms with van der Waals surface area (Å²) >= 11 is 0. The lowest BCUT2D eigenvalue weighted by molar-refractivity contribution is 0.254. The molecule has 3 rings (SSSR count). The second kappa shape index (κ2) is 3.84. The summed E-state index contributed by atoms with van der Waals surface area (Å²) in [4.78, 5) is 0. The van der Waals surface area contributed by atoms with Crippen LogP contribution >= 0.6 is 0 Å². The van der Waals surface area contributed by atoms with E-state index in [1.165, 1.54) is 12.3 Å². The fourth-order valence-corrected chi connectivity index (χ4v) is 2.20. The SMILES string of the molecule is CC1OC1(Cn1ccnn1)c1cccc(F)c1F. The minimum atomic E-state index is -0.867. The van der Waals surface area contributed by atoms with Gasteiger partial charge in [0.2, 0.25) is 0 Å². The van der Waals surface area contributed by atoms with Crippen LogP contribution in [0.2, 0.25) is 0 Å². The Balaban J connectivity index is 2.00. The lowest BCUT2D eigenvalue weighted by Crippen LogP contribution is -2.22. The van der Waals surface area contributed by atoms with Gasteiger partial charge in [-0.05, 0) is 13.0 Å². The lowest BCUT2D eigenvalue weighted by Gasteiger charge is -2.14. The number of aromatic nitrogens is 3. The summed E-state index contributed by atoms with van der Waals surface area (Å²) in [5, 5.41) is 7.51. The van der Waals surface area contributed by atoms with Crippen molar-refractivity contribution in [3.8, 4) is 0 Å². The van der Waals surface area contributed by atoms with Gasteiger partial charge in [0.05, 0.1) is 18.8 Å². The van der Waals surface area contributed by atoms with E-state index in [1.54, 1.807) is 16.9 Å². The molecular formula is C12H11F2N3O.